The molecule has 3 aromatic rings. The zero-order valence-electron chi connectivity index (χ0n) is 17.2. The van der Waals surface area contributed by atoms with Gasteiger partial charge in [0.05, 0.1) is 22.5 Å². The highest BCUT2D eigenvalue weighted by atomic mass is 16.5. The van der Waals surface area contributed by atoms with Crippen molar-refractivity contribution in [3.05, 3.63) is 66.0 Å². The van der Waals surface area contributed by atoms with Crippen LogP contribution >= 0.6 is 0 Å². The molecule has 4 rings (SSSR count). The van der Waals surface area contributed by atoms with Crippen molar-refractivity contribution in [2.24, 2.45) is 5.92 Å². The van der Waals surface area contributed by atoms with Crippen LogP contribution in [0.25, 0.3) is 11.0 Å². The molecule has 2 N–H and O–H groups in total. The Labute approximate surface area is 171 Å². The average molecular weight is 392 g/mol. The van der Waals surface area contributed by atoms with E-state index in [9.17, 15) is 4.79 Å². The molecule has 1 aromatic heterocycles. The van der Waals surface area contributed by atoms with Crippen LogP contribution in [0.15, 0.2) is 54.6 Å². The van der Waals surface area contributed by atoms with Crippen molar-refractivity contribution in [2.75, 3.05) is 13.2 Å². The monoisotopic (exact) mass is 391 g/mol. The first kappa shape index (κ1) is 19.6. The van der Waals surface area contributed by atoms with Gasteiger partial charge in [-0.2, -0.15) is 0 Å². The van der Waals surface area contributed by atoms with Crippen LogP contribution in [0, 0.1) is 5.92 Å². The van der Waals surface area contributed by atoms with Crippen molar-refractivity contribution < 1.29 is 9.53 Å². The first-order valence-corrected chi connectivity index (χ1v) is 10.5. The number of imidazole rings is 1. The quantitative estimate of drug-likeness (QED) is 0.649. The first-order valence-electron chi connectivity index (χ1n) is 10.5. The Morgan fingerprint density at radius 3 is 2.52 bits per heavy atom. The SMILES string of the molecule is CCC(C)C(NC(=O)C1(c2ccccc2)CCOCC1)c1nc2ccccc2[nH]1. The summed E-state index contributed by atoms with van der Waals surface area (Å²) in [5.74, 6) is 1.15. The lowest BCUT2D eigenvalue weighted by Crippen LogP contribution is -2.50. The van der Waals surface area contributed by atoms with E-state index in [0.29, 0.717) is 26.1 Å². The number of rotatable bonds is 6. The predicted octanol–water partition coefficient (Wildman–Crippen LogP) is 4.51. The standard InChI is InChI=1S/C24H29N3O2/c1-3-17(2)21(22-25-19-11-7-8-12-20(19)26-22)27-23(28)24(13-15-29-16-14-24)18-9-5-4-6-10-18/h4-12,17,21H,3,13-16H2,1-2H3,(H,25,26)(H,27,28). The van der Waals surface area contributed by atoms with Gasteiger partial charge in [0.1, 0.15) is 5.82 Å². The van der Waals surface area contributed by atoms with Crippen molar-refractivity contribution in [3.8, 4) is 0 Å². The Bertz CT molecular complexity index is 927. The number of hydrogen-bond donors (Lipinski definition) is 2. The summed E-state index contributed by atoms with van der Waals surface area (Å²) in [4.78, 5) is 21.9. The van der Waals surface area contributed by atoms with E-state index in [1.54, 1.807) is 0 Å². The third-order valence-corrected chi connectivity index (χ3v) is 6.31. The molecule has 2 heterocycles. The molecule has 29 heavy (non-hydrogen) atoms. The van der Waals surface area contributed by atoms with E-state index in [0.717, 1.165) is 28.8 Å². The van der Waals surface area contributed by atoms with E-state index in [2.05, 4.69) is 36.3 Å². The van der Waals surface area contributed by atoms with Crippen LogP contribution in [0.3, 0.4) is 0 Å². The first-order chi connectivity index (χ1) is 14.1. The molecule has 0 bridgehead atoms. The molecule has 2 atom stereocenters. The minimum absolute atomic E-state index is 0.0674. The van der Waals surface area contributed by atoms with Gasteiger partial charge in [-0.25, -0.2) is 4.98 Å². The van der Waals surface area contributed by atoms with Gasteiger partial charge in [-0.15, -0.1) is 0 Å². The van der Waals surface area contributed by atoms with Crippen molar-refractivity contribution in [1.29, 1.82) is 0 Å². The molecule has 0 aliphatic carbocycles. The molecular weight excluding hydrogens is 362 g/mol. The van der Waals surface area contributed by atoms with Crippen LogP contribution < -0.4 is 5.32 Å². The topological polar surface area (TPSA) is 67.0 Å². The van der Waals surface area contributed by atoms with Gasteiger partial charge in [0, 0.05) is 13.2 Å². The van der Waals surface area contributed by atoms with Gasteiger partial charge in [0.15, 0.2) is 0 Å². The van der Waals surface area contributed by atoms with Gasteiger partial charge < -0.3 is 15.0 Å². The van der Waals surface area contributed by atoms with E-state index < -0.39 is 5.41 Å². The number of H-pyrrole nitrogens is 1. The molecule has 5 nitrogen and oxygen atoms in total. The average Bonchev–Trinajstić information content (AvgIpc) is 3.21. The normalized spacial score (nSPS) is 18.3. The maximum absolute atomic E-state index is 13.7. The highest BCUT2D eigenvalue weighted by Gasteiger charge is 2.43. The van der Waals surface area contributed by atoms with Crippen molar-refractivity contribution >= 4 is 16.9 Å². The second-order valence-electron chi connectivity index (χ2n) is 8.04. The number of fused-ring (bicyclic) bond motifs is 1. The summed E-state index contributed by atoms with van der Waals surface area (Å²) in [6, 6.07) is 17.9. The molecule has 1 amide bonds. The number of hydrogen-bond acceptors (Lipinski definition) is 3. The molecule has 2 aromatic carbocycles. The molecule has 1 aliphatic rings. The molecule has 2 unspecified atom stereocenters. The number of nitrogens with one attached hydrogen (secondary N) is 2. The fourth-order valence-electron chi connectivity index (χ4n) is 4.24. The van der Waals surface area contributed by atoms with Crippen LogP contribution in [-0.2, 0) is 14.9 Å². The zero-order chi connectivity index (χ0) is 20.3. The largest absolute Gasteiger partial charge is 0.381 e. The maximum Gasteiger partial charge on any atom is 0.231 e. The second-order valence-corrected chi connectivity index (χ2v) is 8.04. The fourth-order valence-corrected chi connectivity index (χ4v) is 4.24. The fraction of sp³-hybridized carbons (Fsp3) is 0.417. The van der Waals surface area contributed by atoms with Gasteiger partial charge in [-0.05, 0) is 36.5 Å². The highest BCUT2D eigenvalue weighted by molar-refractivity contribution is 5.89. The molecular formula is C24H29N3O2. The van der Waals surface area contributed by atoms with Crippen LogP contribution in [0.1, 0.15) is 50.5 Å². The molecule has 0 radical (unpaired) electrons. The van der Waals surface area contributed by atoms with E-state index in [4.69, 9.17) is 9.72 Å². The molecule has 0 spiro atoms. The summed E-state index contributed by atoms with van der Waals surface area (Å²) in [5, 5.41) is 3.37. The third kappa shape index (κ3) is 3.79. The van der Waals surface area contributed by atoms with Crippen LogP contribution in [0.4, 0.5) is 0 Å². The number of aromatic nitrogens is 2. The Morgan fingerprint density at radius 1 is 1.14 bits per heavy atom. The van der Waals surface area contributed by atoms with Crippen LogP contribution in [0.5, 0.6) is 0 Å². The molecule has 1 saturated heterocycles. The lowest BCUT2D eigenvalue weighted by molar-refractivity contribution is -0.131. The third-order valence-electron chi connectivity index (χ3n) is 6.31. The van der Waals surface area contributed by atoms with E-state index >= 15 is 0 Å². The lowest BCUT2D eigenvalue weighted by Gasteiger charge is -2.38. The van der Waals surface area contributed by atoms with Gasteiger partial charge in [-0.1, -0.05) is 62.7 Å². The molecule has 1 fully saturated rings. The summed E-state index contributed by atoms with van der Waals surface area (Å²) in [6.45, 7) is 5.51. The van der Waals surface area contributed by atoms with Crippen LogP contribution in [0.2, 0.25) is 0 Å². The molecule has 152 valence electrons. The number of carbonyl (C=O) groups is 1. The number of aromatic amines is 1. The smallest absolute Gasteiger partial charge is 0.231 e. The summed E-state index contributed by atoms with van der Waals surface area (Å²) in [6.07, 6.45) is 2.33. The number of nitrogens with zero attached hydrogens (tertiary/aromatic N) is 1. The summed E-state index contributed by atoms with van der Waals surface area (Å²) < 4.78 is 5.60. The highest BCUT2D eigenvalue weighted by Crippen LogP contribution is 2.36. The van der Waals surface area contributed by atoms with Crippen molar-refractivity contribution in [2.45, 2.75) is 44.6 Å². The van der Waals surface area contributed by atoms with Gasteiger partial charge >= 0.3 is 0 Å². The zero-order valence-corrected chi connectivity index (χ0v) is 17.2. The minimum atomic E-state index is -0.558. The van der Waals surface area contributed by atoms with Gasteiger partial charge in [-0.3, -0.25) is 4.79 Å². The summed E-state index contributed by atoms with van der Waals surface area (Å²) in [7, 11) is 0. The van der Waals surface area contributed by atoms with E-state index in [1.165, 1.54) is 0 Å². The molecule has 1 aliphatic heterocycles. The number of ether oxygens (including phenoxy) is 1. The molecule has 0 saturated carbocycles. The summed E-state index contributed by atoms with van der Waals surface area (Å²) in [5.41, 5.74) is 2.42. The lowest BCUT2D eigenvalue weighted by atomic mass is 9.73. The Balaban J connectivity index is 1.68. The number of carbonyl (C=O) groups excluding carboxylic acids is 1. The Morgan fingerprint density at radius 2 is 1.83 bits per heavy atom. The van der Waals surface area contributed by atoms with Crippen molar-refractivity contribution in [3.63, 3.8) is 0 Å². The van der Waals surface area contributed by atoms with E-state index in [1.807, 2.05) is 42.5 Å². The predicted molar refractivity (Wildman–Crippen MR) is 115 cm³/mol. The van der Waals surface area contributed by atoms with E-state index in [-0.39, 0.29) is 17.9 Å². The van der Waals surface area contributed by atoms with Crippen molar-refractivity contribution in [1.82, 2.24) is 15.3 Å². The van der Waals surface area contributed by atoms with Gasteiger partial charge in [0.2, 0.25) is 5.91 Å². The number of amides is 1. The maximum atomic E-state index is 13.7. The Hall–Kier alpha value is -2.66. The number of para-hydroxylation sites is 2. The number of benzene rings is 2. The van der Waals surface area contributed by atoms with Crippen LogP contribution in [-0.4, -0.2) is 29.1 Å². The molecule has 5 heteroatoms. The summed E-state index contributed by atoms with van der Waals surface area (Å²) >= 11 is 0. The minimum Gasteiger partial charge on any atom is -0.381 e. The Kier molecular flexibility index (Phi) is 5.67. The second kappa shape index (κ2) is 8.37. The van der Waals surface area contributed by atoms with Gasteiger partial charge in [0.25, 0.3) is 0 Å².